The second kappa shape index (κ2) is 7.25. The first kappa shape index (κ1) is 14.8. The normalized spacial score (nSPS) is 10.1. The number of anilines is 1. The molecule has 0 aliphatic carbocycles. The minimum absolute atomic E-state index is 0.0167. The number of nitrogens with zero attached hydrogens (tertiary/aromatic N) is 1. The quantitative estimate of drug-likeness (QED) is 0.604. The Morgan fingerprint density at radius 1 is 1.19 bits per heavy atom. The van der Waals surface area contributed by atoms with Crippen molar-refractivity contribution in [1.82, 2.24) is 0 Å². The molecule has 0 unspecified atom stereocenters. The van der Waals surface area contributed by atoms with E-state index in [-0.39, 0.29) is 24.7 Å². The van der Waals surface area contributed by atoms with Crippen LogP contribution in [0.1, 0.15) is 5.56 Å². The van der Waals surface area contributed by atoms with Crippen LogP contribution in [0.5, 0.6) is 5.75 Å². The van der Waals surface area contributed by atoms with Crippen LogP contribution in [-0.2, 0) is 6.61 Å². The van der Waals surface area contributed by atoms with E-state index in [1.165, 1.54) is 6.07 Å². The van der Waals surface area contributed by atoms with Gasteiger partial charge in [0.15, 0.2) is 5.75 Å². The van der Waals surface area contributed by atoms with Crippen LogP contribution in [0, 0.1) is 10.1 Å². The third-order valence-electron chi connectivity index (χ3n) is 2.83. The Morgan fingerprint density at radius 3 is 2.62 bits per heavy atom. The predicted octanol–water partition coefficient (Wildman–Crippen LogP) is 2.58. The van der Waals surface area contributed by atoms with Gasteiger partial charge in [-0.05, 0) is 11.6 Å². The molecule has 110 valence electrons. The van der Waals surface area contributed by atoms with Crippen molar-refractivity contribution >= 4 is 11.4 Å². The van der Waals surface area contributed by atoms with Crippen LogP contribution >= 0.6 is 0 Å². The van der Waals surface area contributed by atoms with Gasteiger partial charge < -0.3 is 15.2 Å². The summed E-state index contributed by atoms with van der Waals surface area (Å²) in [6, 6.07) is 14.0. The van der Waals surface area contributed by atoms with Crippen molar-refractivity contribution < 1.29 is 14.8 Å². The van der Waals surface area contributed by atoms with E-state index >= 15 is 0 Å². The van der Waals surface area contributed by atoms with Crippen molar-refractivity contribution in [2.75, 3.05) is 18.5 Å². The Kier molecular flexibility index (Phi) is 5.11. The number of hydrogen-bond donors (Lipinski definition) is 2. The van der Waals surface area contributed by atoms with Crippen LogP contribution in [-0.4, -0.2) is 23.2 Å². The monoisotopic (exact) mass is 288 g/mol. The Labute approximate surface area is 122 Å². The molecule has 0 spiro atoms. The number of nitrogens with one attached hydrogen (secondary N) is 1. The lowest BCUT2D eigenvalue weighted by Gasteiger charge is -2.10. The van der Waals surface area contributed by atoms with E-state index in [9.17, 15) is 10.1 Å². The molecule has 2 N–H and O–H groups in total. The predicted molar refractivity (Wildman–Crippen MR) is 79.4 cm³/mol. The van der Waals surface area contributed by atoms with E-state index in [1.807, 2.05) is 30.3 Å². The second-order valence-electron chi connectivity index (χ2n) is 4.36. The molecule has 0 heterocycles. The maximum absolute atomic E-state index is 11.0. The van der Waals surface area contributed by atoms with Crippen molar-refractivity contribution in [2.24, 2.45) is 0 Å². The number of nitro groups is 1. The third-order valence-corrected chi connectivity index (χ3v) is 2.83. The molecule has 0 saturated carbocycles. The van der Waals surface area contributed by atoms with E-state index in [0.717, 1.165) is 5.56 Å². The molecule has 0 fully saturated rings. The molecule has 0 radical (unpaired) electrons. The van der Waals surface area contributed by atoms with Gasteiger partial charge in [0.2, 0.25) is 0 Å². The number of benzene rings is 2. The van der Waals surface area contributed by atoms with Gasteiger partial charge >= 0.3 is 5.69 Å². The smallest absolute Gasteiger partial charge is 0.311 e. The first-order valence-corrected chi connectivity index (χ1v) is 6.50. The van der Waals surface area contributed by atoms with Crippen LogP contribution in [0.2, 0.25) is 0 Å². The first-order valence-electron chi connectivity index (χ1n) is 6.50. The minimum atomic E-state index is -0.476. The average molecular weight is 288 g/mol. The van der Waals surface area contributed by atoms with Crippen LogP contribution in [0.25, 0.3) is 0 Å². The number of nitro benzene ring substituents is 1. The lowest BCUT2D eigenvalue weighted by Crippen LogP contribution is -2.06. The van der Waals surface area contributed by atoms with Gasteiger partial charge in [-0.2, -0.15) is 0 Å². The van der Waals surface area contributed by atoms with Gasteiger partial charge in [0, 0.05) is 24.4 Å². The van der Waals surface area contributed by atoms with Crippen LogP contribution < -0.4 is 10.1 Å². The molecule has 2 rings (SSSR count). The molecule has 6 heteroatoms. The van der Waals surface area contributed by atoms with Gasteiger partial charge in [-0.1, -0.05) is 30.3 Å². The highest BCUT2D eigenvalue weighted by molar-refractivity contribution is 5.58. The lowest BCUT2D eigenvalue weighted by atomic mass is 10.2. The van der Waals surface area contributed by atoms with E-state index in [0.29, 0.717) is 12.2 Å². The van der Waals surface area contributed by atoms with Gasteiger partial charge in [0.05, 0.1) is 11.5 Å². The summed E-state index contributed by atoms with van der Waals surface area (Å²) in [5, 5.41) is 22.8. The van der Waals surface area contributed by atoms with Gasteiger partial charge in [0.25, 0.3) is 0 Å². The van der Waals surface area contributed by atoms with E-state index < -0.39 is 4.92 Å². The molecule has 21 heavy (non-hydrogen) atoms. The molecule has 0 amide bonds. The van der Waals surface area contributed by atoms with E-state index in [4.69, 9.17) is 9.84 Å². The summed E-state index contributed by atoms with van der Waals surface area (Å²) in [7, 11) is 0. The van der Waals surface area contributed by atoms with E-state index in [2.05, 4.69) is 5.32 Å². The van der Waals surface area contributed by atoms with Crippen LogP contribution in [0.3, 0.4) is 0 Å². The van der Waals surface area contributed by atoms with Gasteiger partial charge in [0.1, 0.15) is 6.61 Å². The molecule has 0 aliphatic heterocycles. The molecule has 0 saturated heterocycles. The zero-order valence-corrected chi connectivity index (χ0v) is 11.4. The Hall–Kier alpha value is -2.60. The summed E-state index contributed by atoms with van der Waals surface area (Å²) in [6.45, 7) is 0.609. The number of hydrogen-bond acceptors (Lipinski definition) is 5. The zero-order chi connectivity index (χ0) is 15.1. The second-order valence-corrected chi connectivity index (χ2v) is 4.36. The van der Waals surface area contributed by atoms with Crippen molar-refractivity contribution in [1.29, 1.82) is 0 Å². The number of ether oxygens (including phenoxy) is 1. The highest BCUT2D eigenvalue weighted by Crippen LogP contribution is 2.30. The highest BCUT2D eigenvalue weighted by Gasteiger charge is 2.15. The van der Waals surface area contributed by atoms with Crippen LogP contribution in [0.4, 0.5) is 11.4 Å². The van der Waals surface area contributed by atoms with E-state index in [1.54, 1.807) is 12.1 Å². The van der Waals surface area contributed by atoms with Gasteiger partial charge in [-0.3, -0.25) is 10.1 Å². The summed E-state index contributed by atoms with van der Waals surface area (Å²) >= 11 is 0. The molecule has 0 aromatic heterocycles. The Bertz CT molecular complexity index is 602. The molecule has 6 nitrogen and oxygen atoms in total. The topological polar surface area (TPSA) is 84.6 Å². The standard InChI is InChI=1S/C15H16N2O4/c18-9-8-16-13-6-7-14(17(19)20)15(10-13)21-11-12-4-2-1-3-5-12/h1-7,10,16,18H,8-9,11H2. The summed E-state index contributed by atoms with van der Waals surface area (Å²) in [5.74, 6) is 0.201. The number of aliphatic hydroxyl groups excluding tert-OH is 1. The minimum Gasteiger partial charge on any atom is -0.482 e. The largest absolute Gasteiger partial charge is 0.482 e. The Morgan fingerprint density at radius 2 is 1.95 bits per heavy atom. The van der Waals surface area contributed by atoms with Crippen molar-refractivity contribution in [2.45, 2.75) is 6.61 Å². The zero-order valence-electron chi connectivity index (χ0n) is 11.4. The third kappa shape index (κ3) is 4.19. The van der Waals surface area contributed by atoms with Crippen molar-refractivity contribution in [3.05, 3.63) is 64.2 Å². The van der Waals surface area contributed by atoms with Crippen LogP contribution in [0.15, 0.2) is 48.5 Å². The first-order chi connectivity index (χ1) is 10.2. The number of rotatable bonds is 7. The SMILES string of the molecule is O=[N+]([O-])c1ccc(NCCO)cc1OCc1ccccc1. The molecule has 0 aliphatic rings. The maximum atomic E-state index is 11.0. The Balaban J connectivity index is 2.16. The molecule has 2 aromatic carbocycles. The average Bonchev–Trinajstić information content (AvgIpc) is 2.51. The lowest BCUT2D eigenvalue weighted by molar-refractivity contribution is -0.385. The van der Waals surface area contributed by atoms with Crippen molar-refractivity contribution in [3.63, 3.8) is 0 Å². The molecule has 0 bridgehead atoms. The highest BCUT2D eigenvalue weighted by atomic mass is 16.6. The fourth-order valence-corrected chi connectivity index (χ4v) is 1.83. The van der Waals surface area contributed by atoms with Gasteiger partial charge in [-0.15, -0.1) is 0 Å². The number of aliphatic hydroxyl groups is 1. The molecule has 2 aromatic rings. The maximum Gasteiger partial charge on any atom is 0.311 e. The molecular formula is C15H16N2O4. The summed E-state index contributed by atoms with van der Waals surface area (Å²) < 4.78 is 5.56. The summed E-state index contributed by atoms with van der Waals surface area (Å²) in [4.78, 5) is 10.5. The fourth-order valence-electron chi connectivity index (χ4n) is 1.83. The summed E-state index contributed by atoms with van der Waals surface area (Å²) in [5.41, 5.74) is 1.51. The molecular weight excluding hydrogens is 272 g/mol. The fraction of sp³-hybridized carbons (Fsp3) is 0.200. The van der Waals surface area contributed by atoms with Crippen molar-refractivity contribution in [3.8, 4) is 5.75 Å². The molecule has 0 atom stereocenters. The van der Waals surface area contributed by atoms with Gasteiger partial charge in [-0.25, -0.2) is 0 Å². The summed E-state index contributed by atoms with van der Waals surface area (Å²) in [6.07, 6.45) is 0.